The van der Waals surface area contributed by atoms with Gasteiger partial charge < -0.3 is 0 Å². The second kappa shape index (κ2) is 8.39. The van der Waals surface area contributed by atoms with Gasteiger partial charge in [-0.15, -0.1) is 0 Å². The molecule has 156 valence electrons. The van der Waals surface area contributed by atoms with E-state index in [1.54, 1.807) is 15.9 Å². The van der Waals surface area contributed by atoms with Gasteiger partial charge >= 0.3 is 0 Å². The van der Waals surface area contributed by atoms with Gasteiger partial charge in [0.1, 0.15) is 0 Å². The number of aryl methyl sites for hydroxylation is 1. The minimum Gasteiger partial charge on any atom is -0.0656 e. The zero-order valence-electron chi connectivity index (χ0n) is 20.0. The lowest BCUT2D eigenvalue weighted by molar-refractivity contribution is 0.885. The van der Waals surface area contributed by atoms with Gasteiger partial charge in [0, 0.05) is 0 Å². The monoisotopic (exact) mass is 420 g/mol. The van der Waals surface area contributed by atoms with Crippen molar-refractivity contribution in [2.75, 3.05) is 0 Å². The summed E-state index contributed by atoms with van der Waals surface area (Å²) >= 11 is 0. The standard InChI is InChI=1S/C27H40Si2/c1-9-11-20-15-22-14-13-21(12-10-2)27(26(22)16-20)23-17-24(28(3,4)5)19-25(18-23)29(6,7)8/h13-14,16-19H,9-12,15H2,1-8H3. The Morgan fingerprint density at radius 3 is 1.86 bits per heavy atom. The average Bonchev–Trinajstić information content (AvgIpc) is 3.03. The molecule has 0 aromatic heterocycles. The van der Waals surface area contributed by atoms with Crippen LogP contribution >= 0.6 is 0 Å². The minimum atomic E-state index is -1.39. The number of hydrogen-bond donors (Lipinski definition) is 0. The predicted molar refractivity (Wildman–Crippen MR) is 138 cm³/mol. The van der Waals surface area contributed by atoms with Crippen LogP contribution in [0.4, 0.5) is 0 Å². The van der Waals surface area contributed by atoms with Crippen LogP contribution in [0.25, 0.3) is 17.2 Å². The van der Waals surface area contributed by atoms with Crippen LogP contribution in [-0.2, 0) is 12.8 Å². The quantitative estimate of drug-likeness (QED) is 0.418. The third kappa shape index (κ3) is 4.86. The van der Waals surface area contributed by atoms with E-state index in [1.807, 2.05) is 0 Å². The van der Waals surface area contributed by atoms with Crippen molar-refractivity contribution in [3.05, 3.63) is 52.6 Å². The zero-order chi connectivity index (χ0) is 21.4. The van der Waals surface area contributed by atoms with Gasteiger partial charge in [-0.2, -0.15) is 0 Å². The summed E-state index contributed by atoms with van der Waals surface area (Å²) in [4.78, 5) is 0. The maximum absolute atomic E-state index is 2.56. The molecule has 1 aliphatic rings. The third-order valence-corrected chi connectivity index (χ3v) is 10.3. The minimum absolute atomic E-state index is 1.15. The van der Waals surface area contributed by atoms with E-state index >= 15 is 0 Å². The molecule has 0 saturated heterocycles. The fraction of sp³-hybridized carbons (Fsp3) is 0.481. The molecule has 0 amide bonds. The first-order valence-electron chi connectivity index (χ1n) is 11.5. The van der Waals surface area contributed by atoms with Crippen molar-refractivity contribution >= 4 is 32.6 Å². The molecule has 0 N–H and O–H groups in total. The highest BCUT2D eigenvalue weighted by molar-refractivity contribution is 6.91. The maximum Gasteiger partial charge on any atom is 0.0776 e. The van der Waals surface area contributed by atoms with E-state index in [9.17, 15) is 0 Å². The average molecular weight is 421 g/mol. The van der Waals surface area contributed by atoms with Crippen LogP contribution < -0.4 is 10.4 Å². The van der Waals surface area contributed by atoms with Gasteiger partial charge in [-0.1, -0.05) is 118 Å². The molecule has 0 radical (unpaired) electrons. The fourth-order valence-electron chi connectivity index (χ4n) is 4.46. The lowest BCUT2D eigenvalue weighted by Crippen LogP contribution is -2.45. The molecule has 3 rings (SSSR count). The Morgan fingerprint density at radius 1 is 0.759 bits per heavy atom. The highest BCUT2D eigenvalue weighted by Crippen LogP contribution is 2.38. The molecule has 0 aliphatic heterocycles. The van der Waals surface area contributed by atoms with E-state index in [1.165, 1.54) is 53.5 Å². The number of hydrogen-bond acceptors (Lipinski definition) is 0. The molecule has 0 unspecified atom stereocenters. The smallest absolute Gasteiger partial charge is 0.0656 e. The Bertz CT molecular complexity index is 889. The SMILES string of the molecule is CCCC1=Cc2c(ccc(CCC)c2-c2cc([Si](C)(C)C)cc([Si](C)(C)C)c2)C1. The summed E-state index contributed by atoms with van der Waals surface area (Å²) in [5.74, 6) is 0. The molecular formula is C27H40Si2. The maximum atomic E-state index is 2.56. The summed E-state index contributed by atoms with van der Waals surface area (Å²) in [6.07, 6.45) is 8.51. The molecule has 0 heterocycles. The molecule has 0 atom stereocenters. The van der Waals surface area contributed by atoms with Crippen LogP contribution in [0.2, 0.25) is 39.3 Å². The molecular weight excluding hydrogens is 380 g/mol. The summed E-state index contributed by atoms with van der Waals surface area (Å²) < 4.78 is 0. The lowest BCUT2D eigenvalue weighted by atomic mass is 9.90. The van der Waals surface area contributed by atoms with Gasteiger partial charge in [-0.05, 0) is 47.1 Å². The van der Waals surface area contributed by atoms with Crippen molar-refractivity contribution in [1.29, 1.82) is 0 Å². The molecule has 1 aliphatic carbocycles. The Labute approximate surface area is 181 Å². The summed E-state index contributed by atoms with van der Waals surface area (Å²) in [5.41, 5.74) is 9.23. The van der Waals surface area contributed by atoms with Gasteiger partial charge in [-0.3, -0.25) is 0 Å². The van der Waals surface area contributed by atoms with Crippen LogP contribution in [0.3, 0.4) is 0 Å². The summed E-state index contributed by atoms with van der Waals surface area (Å²) in [7, 11) is -2.78. The van der Waals surface area contributed by atoms with E-state index in [-0.39, 0.29) is 0 Å². The summed E-state index contributed by atoms with van der Waals surface area (Å²) in [5, 5.41) is 3.23. The highest BCUT2D eigenvalue weighted by atomic mass is 28.3. The van der Waals surface area contributed by atoms with Crippen molar-refractivity contribution in [3.63, 3.8) is 0 Å². The topological polar surface area (TPSA) is 0 Å². The zero-order valence-corrected chi connectivity index (χ0v) is 22.0. The van der Waals surface area contributed by atoms with Gasteiger partial charge in [0.25, 0.3) is 0 Å². The molecule has 29 heavy (non-hydrogen) atoms. The summed E-state index contributed by atoms with van der Waals surface area (Å²) in [6.45, 7) is 19.5. The van der Waals surface area contributed by atoms with E-state index in [2.05, 4.69) is 89.5 Å². The Hall–Kier alpha value is -1.39. The predicted octanol–water partition coefficient (Wildman–Crippen LogP) is 7.14. The molecule has 0 fully saturated rings. The van der Waals surface area contributed by atoms with Gasteiger partial charge in [0.05, 0.1) is 16.1 Å². The van der Waals surface area contributed by atoms with E-state index in [4.69, 9.17) is 0 Å². The second-order valence-corrected chi connectivity index (χ2v) is 21.1. The molecule has 0 saturated carbocycles. The molecule has 0 bridgehead atoms. The molecule has 0 spiro atoms. The Balaban J connectivity index is 2.29. The first-order valence-corrected chi connectivity index (χ1v) is 18.5. The van der Waals surface area contributed by atoms with Crippen LogP contribution in [-0.4, -0.2) is 16.1 Å². The number of allylic oxidation sites excluding steroid dienone is 1. The first-order chi connectivity index (χ1) is 13.5. The van der Waals surface area contributed by atoms with Crippen LogP contribution in [0, 0.1) is 0 Å². The van der Waals surface area contributed by atoms with E-state index < -0.39 is 16.1 Å². The van der Waals surface area contributed by atoms with E-state index in [0.29, 0.717) is 0 Å². The van der Waals surface area contributed by atoms with Crippen molar-refractivity contribution in [2.45, 2.75) is 85.2 Å². The van der Waals surface area contributed by atoms with Crippen LogP contribution in [0.15, 0.2) is 35.9 Å². The molecule has 0 nitrogen and oxygen atoms in total. The lowest BCUT2D eigenvalue weighted by Gasteiger charge is -2.25. The fourth-order valence-corrected chi connectivity index (χ4v) is 6.96. The highest BCUT2D eigenvalue weighted by Gasteiger charge is 2.25. The molecule has 2 aromatic rings. The number of fused-ring (bicyclic) bond motifs is 1. The number of benzene rings is 2. The van der Waals surface area contributed by atoms with E-state index in [0.717, 1.165) is 6.42 Å². The Morgan fingerprint density at radius 2 is 1.34 bits per heavy atom. The van der Waals surface area contributed by atoms with Gasteiger partial charge in [0.2, 0.25) is 0 Å². The molecule has 2 aromatic carbocycles. The Kier molecular flexibility index (Phi) is 6.45. The normalized spacial score (nSPS) is 14.1. The van der Waals surface area contributed by atoms with Crippen molar-refractivity contribution in [2.24, 2.45) is 0 Å². The van der Waals surface area contributed by atoms with Crippen LogP contribution in [0.5, 0.6) is 0 Å². The third-order valence-electron chi connectivity index (χ3n) is 6.23. The van der Waals surface area contributed by atoms with Crippen molar-refractivity contribution in [3.8, 4) is 11.1 Å². The summed E-state index contributed by atoms with van der Waals surface area (Å²) in [6, 6.07) is 12.5. The molecule has 2 heteroatoms. The second-order valence-electron chi connectivity index (χ2n) is 11.0. The van der Waals surface area contributed by atoms with Crippen molar-refractivity contribution < 1.29 is 0 Å². The van der Waals surface area contributed by atoms with Gasteiger partial charge in [0.15, 0.2) is 0 Å². The first kappa shape index (κ1) is 22.3. The van der Waals surface area contributed by atoms with Crippen molar-refractivity contribution in [1.82, 2.24) is 0 Å². The largest absolute Gasteiger partial charge is 0.0776 e. The number of rotatable bonds is 7. The van der Waals surface area contributed by atoms with Gasteiger partial charge in [-0.25, -0.2) is 0 Å². The van der Waals surface area contributed by atoms with Crippen LogP contribution in [0.1, 0.15) is 49.8 Å².